The van der Waals surface area contributed by atoms with Crippen LogP contribution in [0.4, 0.5) is 5.82 Å². The van der Waals surface area contributed by atoms with Gasteiger partial charge >= 0.3 is 0 Å². The zero-order valence-electron chi connectivity index (χ0n) is 13.3. The van der Waals surface area contributed by atoms with Crippen LogP contribution in [0.5, 0.6) is 0 Å². The maximum absolute atomic E-state index is 12.1. The molecule has 3 aromatic rings. The Morgan fingerprint density at radius 1 is 1.26 bits per heavy atom. The van der Waals surface area contributed by atoms with Gasteiger partial charge in [0.1, 0.15) is 5.82 Å². The molecule has 0 aliphatic carbocycles. The first kappa shape index (κ1) is 15.0. The Labute approximate surface area is 134 Å². The molecule has 3 rings (SSSR count). The van der Waals surface area contributed by atoms with Crippen molar-refractivity contribution in [3.63, 3.8) is 0 Å². The smallest absolute Gasteiger partial charge is 0.290 e. The van der Waals surface area contributed by atoms with Crippen molar-refractivity contribution in [2.75, 3.05) is 19.0 Å². The third kappa shape index (κ3) is 3.15. The molecule has 2 aromatic heterocycles. The molecule has 6 nitrogen and oxygen atoms in total. The summed E-state index contributed by atoms with van der Waals surface area (Å²) in [7, 11) is 3.88. The van der Waals surface area contributed by atoms with Crippen LogP contribution in [-0.2, 0) is 6.54 Å². The number of nitrogens with one attached hydrogen (secondary N) is 1. The second kappa shape index (κ2) is 6.08. The predicted molar refractivity (Wildman–Crippen MR) is 88.5 cm³/mol. The predicted octanol–water partition coefficient (Wildman–Crippen LogP) is 2.53. The number of benzene rings is 1. The Kier molecular flexibility index (Phi) is 3.97. The van der Waals surface area contributed by atoms with Crippen molar-refractivity contribution < 1.29 is 9.32 Å². The molecule has 23 heavy (non-hydrogen) atoms. The summed E-state index contributed by atoms with van der Waals surface area (Å²) in [6.07, 6.45) is 0. The van der Waals surface area contributed by atoms with E-state index in [9.17, 15) is 4.79 Å². The molecule has 1 aromatic carbocycles. The molecule has 1 N–H and O–H groups in total. The third-order valence-electron chi connectivity index (χ3n) is 3.54. The van der Waals surface area contributed by atoms with Crippen molar-refractivity contribution in [2.24, 2.45) is 0 Å². The lowest BCUT2D eigenvalue weighted by Gasteiger charge is -2.15. The molecule has 0 aliphatic rings. The Balaban J connectivity index is 1.88. The van der Waals surface area contributed by atoms with E-state index in [2.05, 4.69) is 15.5 Å². The van der Waals surface area contributed by atoms with E-state index >= 15 is 0 Å². The number of amides is 1. The van der Waals surface area contributed by atoms with E-state index in [1.54, 1.807) is 13.0 Å². The molecule has 6 heteroatoms. The number of fused-ring (bicyclic) bond motifs is 1. The summed E-state index contributed by atoms with van der Waals surface area (Å²) in [5.41, 5.74) is 2.58. The Hall–Kier alpha value is -2.89. The molecule has 0 aliphatic heterocycles. The van der Waals surface area contributed by atoms with Gasteiger partial charge in [0.15, 0.2) is 0 Å². The van der Waals surface area contributed by atoms with Crippen LogP contribution in [0.2, 0.25) is 0 Å². The molecule has 2 heterocycles. The summed E-state index contributed by atoms with van der Waals surface area (Å²) in [6.45, 7) is 2.17. The second-order valence-electron chi connectivity index (χ2n) is 5.57. The van der Waals surface area contributed by atoms with Gasteiger partial charge in [-0.25, -0.2) is 4.98 Å². The van der Waals surface area contributed by atoms with E-state index in [1.807, 2.05) is 49.3 Å². The molecule has 0 saturated carbocycles. The van der Waals surface area contributed by atoms with Crippen LogP contribution in [0.1, 0.15) is 21.8 Å². The van der Waals surface area contributed by atoms with Crippen LogP contribution in [0.3, 0.4) is 0 Å². The lowest BCUT2D eigenvalue weighted by atomic mass is 10.1. The van der Waals surface area contributed by atoms with Gasteiger partial charge in [-0.15, -0.1) is 0 Å². The van der Waals surface area contributed by atoms with E-state index in [0.29, 0.717) is 12.2 Å². The number of hydrogen-bond acceptors (Lipinski definition) is 5. The minimum absolute atomic E-state index is 0.216. The van der Waals surface area contributed by atoms with Gasteiger partial charge in [0.25, 0.3) is 5.91 Å². The van der Waals surface area contributed by atoms with Crippen molar-refractivity contribution in [2.45, 2.75) is 13.5 Å². The first-order valence-corrected chi connectivity index (χ1v) is 7.32. The molecule has 0 saturated heterocycles. The molecule has 1 amide bonds. The number of aryl methyl sites for hydroxylation is 1. The number of pyridine rings is 1. The highest BCUT2D eigenvalue weighted by Gasteiger charge is 2.13. The highest BCUT2D eigenvalue weighted by atomic mass is 16.5. The fraction of sp³-hybridized carbons (Fsp3) is 0.235. The quantitative estimate of drug-likeness (QED) is 0.802. The van der Waals surface area contributed by atoms with E-state index in [1.165, 1.54) is 0 Å². The largest absolute Gasteiger partial charge is 0.363 e. The molecule has 118 valence electrons. The molecular formula is C17H18N4O2. The fourth-order valence-corrected chi connectivity index (χ4v) is 2.34. The maximum Gasteiger partial charge on any atom is 0.290 e. The minimum Gasteiger partial charge on any atom is -0.363 e. The van der Waals surface area contributed by atoms with Crippen LogP contribution < -0.4 is 10.2 Å². The Bertz CT molecular complexity index is 855. The van der Waals surface area contributed by atoms with E-state index in [-0.39, 0.29) is 11.7 Å². The van der Waals surface area contributed by atoms with E-state index in [0.717, 1.165) is 22.3 Å². The van der Waals surface area contributed by atoms with Gasteiger partial charge < -0.3 is 14.7 Å². The highest BCUT2D eigenvalue weighted by Crippen LogP contribution is 2.22. The van der Waals surface area contributed by atoms with Gasteiger partial charge in [0.2, 0.25) is 5.76 Å². The molecule has 0 spiro atoms. The average Bonchev–Trinajstić information content (AvgIpc) is 2.98. The molecule has 0 atom stereocenters. The standard InChI is InChI=1S/C17H18N4O2/c1-11-8-15(23-20-11)17(22)18-10-12-9-16(21(2)3)19-14-7-5-4-6-13(12)14/h4-9H,10H2,1-3H3,(H,18,22). The monoisotopic (exact) mass is 310 g/mol. The normalized spacial score (nSPS) is 10.7. The van der Waals surface area contributed by atoms with Gasteiger partial charge in [-0.05, 0) is 24.6 Å². The first-order chi connectivity index (χ1) is 11.0. The van der Waals surface area contributed by atoms with Crippen LogP contribution in [0.15, 0.2) is 40.9 Å². The third-order valence-corrected chi connectivity index (χ3v) is 3.54. The van der Waals surface area contributed by atoms with Gasteiger partial charge in [0, 0.05) is 32.1 Å². The number of carbonyl (C=O) groups is 1. The number of aromatic nitrogens is 2. The maximum atomic E-state index is 12.1. The van der Waals surface area contributed by atoms with Gasteiger partial charge in [-0.2, -0.15) is 0 Å². The van der Waals surface area contributed by atoms with Crippen LogP contribution in [0.25, 0.3) is 10.9 Å². The summed E-state index contributed by atoms with van der Waals surface area (Å²) in [4.78, 5) is 18.7. The highest BCUT2D eigenvalue weighted by molar-refractivity contribution is 5.92. The molecule has 0 fully saturated rings. The van der Waals surface area contributed by atoms with Crippen LogP contribution >= 0.6 is 0 Å². The zero-order chi connectivity index (χ0) is 16.4. The van der Waals surface area contributed by atoms with E-state index in [4.69, 9.17) is 4.52 Å². The van der Waals surface area contributed by atoms with Crippen molar-refractivity contribution in [3.05, 3.63) is 53.4 Å². The number of carbonyl (C=O) groups excluding carboxylic acids is 1. The first-order valence-electron chi connectivity index (χ1n) is 7.32. The summed E-state index contributed by atoms with van der Waals surface area (Å²) in [5.74, 6) is 0.787. The van der Waals surface area contributed by atoms with Crippen molar-refractivity contribution >= 4 is 22.6 Å². The topological polar surface area (TPSA) is 71.3 Å². The number of hydrogen-bond donors (Lipinski definition) is 1. The van der Waals surface area contributed by atoms with E-state index < -0.39 is 0 Å². The van der Waals surface area contributed by atoms with Crippen molar-refractivity contribution in [3.8, 4) is 0 Å². The van der Waals surface area contributed by atoms with Gasteiger partial charge in [-0.3, -0.25) is 4.79 Å². The van der Waals surface area contributed by atoms with Crippen LogP contribution in [0, 0.1) is 6.92 Å². The average molecular weight is 310 g/mol. The zero-order valence-corrected chi connectivity index (χ0v) is 13.3. The summed E-state index contributed by atoms with van der Waals surface area (Å²) in [5, 5.41) is 7.62. The Morgan fingerprint density at radius 2 is 2.04 bits per heavy atom. The number of anilines is 1. The number of rotatable bonds is 4. The summed E-state index contributed by atoms with van der Waals surface area (Å²) < 4.78 is 4.98. The summed E-state index contributed by atoms with van der Waals surface area (Å²) >= 11 is 0. The van der Waals surface area contributed by atoms with Crippen LogP contribution in [-0.4, -0.2) is 30.1 Å². The molecular weight excluding hydrogens is 292 g/mol. The molecule has 0 unspecified atom stereocenters. The van der Waals surface area contributed by atoms with Gasteiger partial charge in [-0.1, -0.05) is 23.4 Å². The van der Waals surface area contributed by atoms with Crippen molar-refractivity contribution in [1.29, 1.82) is 0 Å². The second-order valence-corrected chi connectivity index (χ2v) is 5.57. The SMILES string of the molecule is Cc1cc(C(=O)NCc2cc(N(C)C)nc3ccccc23)on1. The fourth-order valence-electron chi connectivity index (χ4n) is 2.34. The Morgan fingerprint density at radius 3 is 2.74 bits per heavy atom. The molecule has 0 radical (unpaired) electrons. The van der Waals surface area contributed by atoms with Gasteiger partial charge in [0.05, 0.1) is 11.2 Å². The number of nitrogens with zero attached hydrogens (tertiary/aromatic N) is 3. The lowest BCUT2D eigenvalue weighted by molar-refractivity contribution is 0.0914. The molecule has 0 bridgehead atoms. The minimum atomic E-state index is -0.280. The van der Waals surface area contributed by atoms with Crippen molar-refractivity contribution in [1.82, 2.24) is 15.5 Å². The lowest BCUT2D eigenvalue weighted by Crippen LogP contribution is -2.23. The summed E-state index contributed by atoms with van der Waals surface area (Å²) in [6, 6.07) is 11.5. The number of para-hydroxylation sites is 1.